The maximum Gasteiger partial charge on any atom is 0.260 e. The highest BCUT2D eigenvalue weighted by Gasteiger charge is 2.45. The monoisotopic (exact) mass is 1600 g/mol. The van der Waals surface area contributed by atoms with Gasteiger partial charge in [-0.25, -0.2) is 0 Å². The predicted molar refractivity (Wildman–Crippen MR) is 497 cm³/mol. The molecule has 572 valence electrons. The molecule has 0 saturated carbocycles. The first kappa shape index (κ1) is 69.9. The van der Waals surface area contributed by atoms with Gasteiger partial charge in [0.05, 0.1) is 45.5 Å². The van der Waals surface area contributed by atoms with Crippen LogP contribution in [-0.4, -0.2) is 13.4 Å². The van der Waals surface area contributed by atoms with Gasteiger partial charge in [0.2, 0.25) is 0 Å². The highest BCUT2D eigenvalue weighted by molar-refractivity contribution is 8.00. The predicted octanol–water partition coefficient (Wildman–Crippen LogP) is 26.5. The molecule has 0 saturated heterocycles. The minimum absolute atomic E-state index is 0.0603. The Hall–Kier alpha value is -15.2. The maximum absolute atomic E-state index is 7.02. The molecule has 18 aromatic carbocycles. The van der Waals surface area contributed by atoms with Crippen LogP contribution in [0.25, 0.3) is 44.5 Å². The van der Waals surface area contributed by atoms with Crippen molar-refractivity contribution < 1.29 is 28.4 Å². The fraction of sp³-hybridized carbons (Fsp3) is 0. The molecular formula is C108H66B2N4O6S2. The third kappa shape index (κ3) is 11.2. The maximum atomic E-state index is 7.02. The lowest BCUT2D eigenvalue weighted by molar-refractivity contribution is 0.466. The molecule has 0 atom stereocenters. The van der Waals surface area contributed by atoms with E-state index in [-0.39, 0.29) is 13.4 Å². The Morgan fingerprint density at radius 1 is 0.180 bits per heavy atom. The highest BCUT2D eigenvalue weighted by Crippen LogP contribution is 2.58. The van der Waals surface area contributed by atoms with E-state index in [2.05, 4.69) is 335 Å². The smallest absolute Gasteiger partial charge is 0.260 e. The van der Waals surface area contributed by atoms with Gasteiger partial charge in [0.1, 0.15) is 46.0 Å². The van der Waals surface area contributed by atoms with Crippen LogP contribution in [-0.2, 0) is 0 Å². The third-order valence-corrected chi connectivity index (χ3v) is 26.6. The Bertz CT molecular complexity index is 6310. The van der Waals surface area contributed by atoms with E-state index in [9.17, 15) is 0 Å². The molecule has 0 aliphatic carbocycles. The van der Waals surface area contributed by atoms with E-state index in [1.807, 2.05) is 108 Å². The number of hydrogen-bond acceptors (Lipinski definition) is 12. The van der Waals surface area contributed by atoms with Crippen LogP contribution in [0.5, 0.6) is 69.0 Å². The minimum Gasteiger partial charge on any atom is -0.458 e. The average molecular weight is 1600 g/mol. The van der Waals surface area contributed by atoms with Crippen LogP contribution < -0.4 is 80.8 Å². The summed E-state index contributed by atoms with van der Waals surface area (Å²) >= 11 is 3.65. The van der Waals surface area contributed by atoms with Gasteiger partial charge in [-0.2, -0.15) is 0 Å². The largest absolute Gasteiger partial charge is 0.458 e. The van der Waals surface area contributed by atoms with Crippen molar-refractivity contribution in [2.45, 2.75) is 19.6 Å². The molecule has 0 radical (unpaired) electrons. The fourth-order valence-electron chi connectivity index (χ4n) is 18.9. The first-order chi connectivity index (χ1) is 60.5. The molecule has 0 spiro atoms. The lowest BCUT2D eigenvalue weighted by Crippen LogP contribution is -2.57. The van der Waals surface area contributed by atoms with Crippen molar-refractivity contribution in [3.8, 4) is 114 Å². The second kappa shape index (κ2) is 28.2. The van der Waals surface area contributed by atoms with E-state index in [0.29, 0.717) is 0 Å². The first-order valence-electron chi connectivity index (χ1n) is 41.0. The van der Waals surface area contributed by atoms with Crippen LogP contribution in [0.15, 0.2) is 420 Å². The van der Waals surface area contributed by atoms with Gasteiger partial charge >= 0.3 is 0 Å². The van der Waals surface area contributed by atoms with Gasteiger partial charge in [0, 0.05) is 75.5 Å². The van der Waals surface area contributed by atoms with Gasteiger partial charge in [0.15, 0.2) is 23.0 Å². The number of rotatable bonds is 8. The SMILES string of the molecule is c1ccc2c(c1)Oc1c(-c3ccc(N4c5ccccc5Oc5ccccc54)cc3)cc(-c3ccc(N4c5ccccc5Oc5ccccc54)cc3)c3c1B2c1ccccc1O3.c1ccc2c(c1)Oc1c(-c3ccc(N4c5ccccc5Sc5ccccc54)cc3)cc(-c3ccc(N4c5ccccc5Sc5ccccc54)cc3)c3c1B2c1ccccc1O3. The quantitative estimate of drug-likeness (QED) is 0.136. The zero-order valence-corrected chi connectivity index (χ0v) is 66.9. The second-order valence-corrected chi connectivity index (χ2v) is 33.4. The number of para-hydroxylation sites is 16. The van der Waals surface area contributed by atoms with Crippen LogP contribution in [0.2, 0.25) is 0 Å². The first-order valence-corrected chi connectivity index (χ1v) is 42.7. The third-order valence-electron chi connectivity index (χ3n) is 24.4. The average Bonchev–Trinajstić information content (AvgIpc) is 0.709. The van der Waals surface area contributed by atoms with Crippen LogP contribution >= 0.6 is 23.5 Å². The number of nitrogens with zero attached hydrogens (tertiary/aromatic N) is 4. The molecule has 0 unspecified atom stereocenters. The highest BCUT2D eigenvalue weighted by atomic mass is 32.2. The molecule has 18 aromatic rings. The van der Waals surface area contributed by atoms with Crippen LogP contribution in [0, 0.1) is 0 Å². The lowest BCUT2D eigenvalue weighted by Gasteiger charge is -2.35. The van der Waals surface area contributed by atoms with Gasteiger partial charge < -0.3 is 48.0 Å². The van der Waals surface area contributed by atoms with Crippen molar-refractivity contribution in [1.29, 1.82) is 0 Å². The molecule has 0 amide bonds. The summed E-state index contributed by atoms with van der Waals surface area (Å²) < 4.78 is 40.7. The normalized spacial score (nSPS) is 13.5. The van der Waals surface area contributed by atoms with Crippen molar-refractivity contribution in [2.24, 2.45) is 0 Å². The van der Waals surface area contributed by atoms with E-state index in [1.165, 1.54) is 42.3 Å². The van der Waals surface area contributed by atoms with E-state index in [1.54, 1.807) is 0 Å². The van der Waals surface area contributed by atoms with Gasteiger partial charge in [-0.05, 0) is 226 Å². The number of ether oxygens (including phenoxy) is 6. The van der Waals surface area contributed by atoms with Crippen molar-refractivity contribution >= 4 is 138 Å². The Labute approximate surface area is 714 Å². The van der Waals surface area contributed by atoms with Gasteiger partial charge in [0.25, 0.3) is 13.4 Å². The van der Waals surface area contributed by atoms with Gasteiger partial charge in [-0.15, -0.1) is 0 Å². The Morgan fingerprint density at radius 3 is 0.623 bits per heavy atom. The fourth-order valence-corrected chi connectivity index (χ4v) is 21.0. The summed E-state index contributed by atoms with van der Waals surface area (Å²) in [5.41, 5.74) is 27.8. The van der Waals surface area contributed by atoms with Crippen molar-refractivity contribution in [1.82, 2.24) is 0 Å². The molecule has 122 heavy (non-hydrogen) atoms. The zero-order valence-electron chi connectivity index (χ0n) is 65.3. The van der Waals surface area contributed by atoms with E-state index in [0.717, 1.165) is 192 Å². The number of benzene rings is 18. The number of anilines is 12. The van der Waals surface area contributed by atoms with E-state index >= 15 is 0 Å². The Morgan fingerprint density at radius 2 is 0.377 bits per heavy atom. The minimum atomic E-state index is -0.0835. The molecule has 0 fully saturated rings. The van der Waals surface area contributed by atoms with Gasteiger partial charge in [-0.1, -0.05) is 242 Å². The van der Waals surface area contributed by atoms with Crippen molar-refractivity contribution in [3.63, 3.8) is 0 Å². The van der Waals surface area contributed by atoms with Crippen molar-refractivity contribution in [2.75, 3.05) is 19.6 Å². The van der Waals surface area contributed by atoms with Crippen LogP contribution in [0.4, 0.5) is 68.2 Å². The number of fused-ring (bicyclic) bond motifs is 16. The number of hydrogen-bond donors (Lipinski definition) is 0. The molecule has 8 aliphatic rings. The second-order valence-electron chi connectivity index (χ2n) is 31.2. The van der Waals surface area contributed by atoms with Crippen molar-refractivity contribution in [3.05, 3.63) is 400 Å². The zero-order chi connectivity index (χ0) is 80.0. The summed E-state index contributed by atoms with van der Waals surface area (Å²) in [7, 11) is 0. The molecule has 0 bridgehead atoms. The van der Waals surface area contributed by atoms with E-state index < -0.39 is 0 Å². The molecule has 0 aromatic heterocycles. The molecular weight excluding hydrogens is 1530 g/mol. The summed E-state index contributed by atoms with van der Waals surface area (Å²) in [6.07, 6.45) is 0. The lowest BCUT2D eigenvalue weighted by atomic mass is 9.34. The summed E-state index contributed by atoms with van der Waals surface area (Å²) in [4.78, 5) is 14.2. The summed E-state index contributed by atoms with van der Waals surface area (Å²) in [5.74, 6) is 10.0. The molecule has 14 heteroatoms. The standard InChI is InChI=1S/C54H33BN2O4.C54H33BN2O2S2/c1-7-19-46-40(13-1)55-41-14-2-8-20-47(41)61-54-39(35-27-31-37(32-28-35)57-44-17-5-11-23-50(44)59-51-24-12-6-18-45(51)57)33-38(53(60-46)52(54)55)34-25-29-36(30-26-34)56-42-15-3-9-21-48(42)58-49-22-10-4-16-43(49)56;1-7-19-46-40(13-1)55-41-14-2-8-20-47(41)59-54-39(35-27-31-37(32-28-35)57-44-17-5-11-23-50(44)61-51-24-12-6-18-45(51)57)33-38(53(58-46)52(54)55)34-25-29-36(30-26-34)56-42-15-3-9-21-48(42)60-49-22-10-4-16-43(49)56/h2*1-33H. The summed E-state index contributed by atoms with van der Waals surface area (Å²) in [6, 6.07) is 141. The molecule has 8 aliphatic heterocycles. The Kier molecular flexibility index (Phi) is 16.2. The van der Waals surface area contributed by atoms with Gasteiger partial charge in [-0.3, -0.25) is 0 Å². The molecule has 8 heterocycles. The van der Waals surface area contributed by atoms with Crippen LogP contribution in [0.3, 0.4) is 0 Å². The molecule has 26 rings (SSSR count). The molecule has 0 N–H and O–H groups in total. The van der Waals surface area contributed by atoms with Crippen LogP contribution in [0.1, 0.15) is 0 Å². The Balaban J connectivity index is 0.000000134. The summed E-state index contributed by atoms with van der Waals surface area (Å²) in [6.45, 7) is -0.144. The molecule has 10 nitrogen and oxygen atoms in total. The topological polar surface area (TPSA) is 68.3 Å². The summed E-state index contributed by atoms with van der Waals surface area (Å²) in [5, 5.41) is 0. The van der Waals surface area contributed by atoms with E-state index in [4.69, 9.17) is 28.4 Å².